The maximum Gasteiger partial charge on any atom is 0.109 e. The smallest absolute Gasteiger partial charge is 0.109 e. The van der Waals surface area contributed by atoms with E-state index in [2.05, 4.69) is 45.6 Å². The predicted molar refractivity (Wildman–Crippen MR) is 81.9 cm³/mol. The highest BCUT2D eigenvalue weighted by atomic mass is 14.9. The Morgan fingerprint density at radius 1 is 1.05 bits per heavy atom. The van der Waals surface area contributed by atoms with Gasteiger partial charge in [0, 0.05) is 17.8 Å². The molecule has 3 nitrogen and oxygen atoms in total. The van der Waals surface area contributed by atoms with E-state index in [4.69, 9.17) is 0 Å². The monoisotopic (exact) mass is 269 g/mol. The molecule has 1 aliphatic rings. The Morgan fingerprint density at radius 3 is 2.65 bits per heavy atom. The van der Waals surface area contributed by atoms with Crippen LogP contribution >= 0.6 is 0 Å². The minimum atomic E-state index is 0.624. The molecule has 1 aromatic heterocycles. The molecule has 0 spiro atoms. The van der Waals surface area contributed by atoms with Crippen molar-refractivity contribution < 1.29 is 0 Å². The normalized spacial score (nSPS) is 16.4. The fraction of sp³-hybridized carbons (Fsp3) is 0.471. The van der Waals surface area contributed by atoms with Gasteiger partial charge >= 0.3 is 0 Å². The second-order valence-corrected chi connectivity index (χ2v) is 5.66. The summed E-state index contributed by atoms with van der Waals surface area (Å²) in [6.45, 7) is 2.24. The molecule has 0 bridgehead atoms. The standard InChI is InChI=1S/C17H23N3/c1-2-5-14(6-3-1)7-4-8-16-13-19-17(20-16)15-9-11-18-12-10-15/h1-3,5-6,13,15,18H,4,7-12H2,(H,19,20). The topological polar surface area (TPSA) is 40.7 Å². The zero-order valence-corrected chi connectivity index (χ0v) is 11.9. The maximum absolute atomic E-state index is 4.58. The minimum absolute atomic E-state index is 0.624. The lowest BCUT2D eigenvalue weighted by atomic mass is 9.98. The molecule has 1 aliphatic heterocycles. The third-order valence-electron chi connectivity index (χ3n) is 4.13. The summed E-state index contributed by atoms with van der Waals surface area (Å²) in [5.74, 6) is 1.82. The first-order chi connectivity index (χ1) is 9.92. The molecule has 2 N–H and O–H groups in total. The molecule has 0 saturated carbocycles. The molecule has 0 atom stereocenters. The van der Waals surface area contributed by atoms with Crippen LogP contribution in [0.25, 0.3) is 0 Å². The number of aryl methyl sites for hydroxylation is 2. The summed E-state index contributed by atoms with van der Waals surface area (Å²) < 4.78 is 0. The number of imidazole rings is 1. The predicted octanol–water partition coefficient (Wildman–Crippen LogP) is 3.05. The van der Waals surface area contributed by atoms with Gasteiger partial charge in [-0.1, -0.05) is 30.3 Å². The van der Waals surface area contributed by atoms with Crippen LogP contribution in [-0.4, -0.2) is 23.1 Å². The summed E-state index contributed by atoms with van der Waals surface area (Å²) in [6.07, 6.45) is 7.85. The van der Waals surface area contributed by atoms with Crippen molar-refractivity contribution in [2.75, 3.05) is 13.1 Å². The quantitative estimate of drug-likeness (QED) is 0.876. The van der Waals surface area contributed by atoms with E-state index in [1.807, 2.05) is 6.20 Å². The maximum atomic E-state index is 4.58. The van der Waals surface area contributed by atoms with Gasteiger partial charge in [0.25, 0.3) is 0 Å². The Hall–Kier alpha value is -1.61. The molecule has 0 unspecified atom stereocenters. The molecule has 2 aromatic rings. The summed E-state index contributed by atoms with van der Waals surface area (Å²) in [4.78, 5) is 8.11. The number of H-pyrrole nitrogens is 1. The van der Waals surface area contributed by atoms with Crippen molar-refractivity contribution in [2.24, 2.45) is 0 Å². The zero-order valence-electron chi connectivity index (χ0n) is 11.9. The van der Waals surface area contributed by atoms with Gasteiger partial charge in [0.2, 0.25) is 0 Å². The number of benzene rings is 1. The fourth-order valence-electron chi connectivity index (χ4n) is 2.93. The molecule has 20 heavy (non-hydrogen) atoms. The van der Waals surface area contributed by atoms with Crippen molar-refractivity contribution in [1.82, 2.24) is 15.3 Å². The Balaban J connectivity index is 1.50. The van der Waals surface area contributed by atoms with Gasteiger partial charge in [0.15, 0.2) is 0 Å². The molecule has 0 amide bonds. The molecular formula is C17H23N3. The first kappa shape index (κ1) is 13.4. The van der Waals surface area contributed by atoms with Gasteiger partial charge in [0.1, 0.15) is 5.82 Å². The van der Waals surface area contributed by atoms with Crippen molar-refractivity contribution in [3.63, 3.8) is 0 Å². The Morgan fingerprint density at radius 2 is 1.85 bits per heavy atom. The number of piperidine rings is 1. The van der Waals surface area contributed by atoms with Gasteiger partial charge < -0.3 is 10.3 Å². The fourth-order valence-corrected chi connectivity index (χ4v) is 2.93. The number of nitrogens with zero attached hydrogens (tertiary/aromatic N) is 1. The van der Waals surface area contributed by atoms with E-state index in [0.717, 1.165) is 25.9 Å². The largest absolute Gasteiger partial charge is 0.346 e. The summed E-state index contributed by atoms with van der Waals surface area (Å²) >= 11 is 0. The van der Waals surface area contributed by atoms with E-state index in [1.165, 1.54) is 36.3 Å². The van der Waals surface area contributed by atoms with Gasteiger partial charge in [-0.2, -0.15) is 0 Å². The Kier molecular flexibility index (Phi) is 4.49. The van der Waals surface area contributed by atoms with Crippen molar-refractivity contribution in [3.05, 3.63) is 53.6 Å². The van der Waals surface area contributed by atoms with Gasteiger partial charge in [-0.15, -0.1) is 0 Å². The summed E-state index contributed by atoms with van der Waals surface area (Å²) in [6, 6.07) is 10.7. The molecule has 2 heterocycles. The van der Waals surface area contributed by atoms with Crippen LogP contribution in [0.3, 0.4) is 0 Å². The summed E-state index contributed by atoms with van der Waals surface area (Å²) in [7, 11) is 0. The van der Waals surface area contributed by atoms with Crippen LogP contribution in [0, 0.1) is 0 Å². The van der Waals surface area contributed by atoms with Gasteiger partial charge in [-0.25, -0.2) is 4.98 Å². The van der Waals surface area contributed by atoms with Crippen LogP contribution < -0.4 is 5.32 Å². The first-order valence-corrected chi connectivity index (χ1v) is 7.70. The van der Waals surface area contributed by atoms with Crippen LogP contribution in [0.2, 0.25) is 0 Å². The van der Waals surface area contributed by atoms with Gasteiger partial charge in [-0.3, -0.25) is 0 Å². The molecule has 0 radical (unpaired) electrons. The van der Waals surface area contributed by atoms with Crippen LogP contribution in [0.5, 0.6) is 0 Å². The number of aromatic amines is 1. The Labute approximate surface area is 120 Å². The zero-order chi connectivity index (χ0) is 13.6. The number of rotatable bonds is 5. The summed E-state index contributed by atoms with van der Waals surface area (Å²) in [5, 5.41) is 3.40. The van der Waals surface area contributed by atoms with E-state index < -0.39 is 0 Å². The lowest BCUT2D eigenvalue weighted by molar-refractivity contribution is 0.447. The summed E-state index contributed by atoms with van der Waals surface area (Å²) in [5.41, 5.74) is 2.71. The molecule has 106 valence electrons. The first-order valence-electron chi connectivity index (χ1n) is 7.70. The molecular weight excluding hydrogens is 246 g/mol. The van der Waals surface area contributed by atoms with E-state index in [0.29, 0.717) is 5.92 Å². The average molecular weight is 269 g/mol. The van der Waals surface area contributed by atoms with Crippen molar-refractivity contribution in [3.8, 4) is 0 Å². The van der Waals surface area contributed by atoms with Crippen LogP contribution in [0.4, 0.5) is 0 Å². The highest BCUT2D eigenvalue weighted by Crippen LogP contribution is 2.22. The molecule has 3 rings (SSSR count). The second-order valence-electron chi connectivity index (χ2n) is 5.66. The van der Waals surface area contributed by atoms with Crippen molar-refractivity contribution in [1.29, 1.82) is 0 Å². The van der Waals surface area contributed by atoms with E-state index in [9.17, 15) is 0 Å². The Bertz CT molecular complexity index is 512. The highest BCUT2D eigenvalue weighted by Gasteiger charge is 2.17. The van der Waals surface area contributed by atoms with E-state index >= 15 is 0 Å². The second kappa shape index (κ2) is 6.71. The molecule has 3 heteroatoms. The average Bonchev–Trinajstić information content (AvgIpc) is 2.98. The molecule has 1 saturated heterocycles. The third kappa shape index (κ3) is 3.48. The highest BCUT2D eigenvalue weighted by molar-refractivity contribution is 5.15. The van der Waals surface area contributed by atoms with Gasteiger partial charge in [0.05, 0.1) is 0 Å². The van der Waals surface area contributed by atoms with Crippen LogP contribution in [-0.2, 0) is 12.8 Å². The lowest BCUT2D eigenvalue weighted by Gasteiger charge is -2.20. The number of hydrogen-bond donors (Lipinski definition) is 2. The van der Waals surface area contributed by atoms with Gasteiger partial charge in [-0.05, 0) is 50.8 Å². The van der Waals surface area contributed by atoms with Crippen molar-refractivity contribution in [2.45, 2.75) is 38.0 Å². The third-order valence-corrected chi connectivity index (χ3v) is 4.13. The number of nitrogens with one attached hydrogen (secondary N) is 2. The molecule has 1 aromatic carbocycles. The van der Waals surface area contributed by atoms with Crippen LogP contribution in [0.1, 0.15) is 42.3 Å². The lowest BCUT2D eigenvalue weighted by Crippen LogP contribution is -2.27. The van der Waals surface area contributed by atoms with Crippen molar-refractivity contribution >= 4 is 0 Å². The minimum Gasteiger partial charge on any atom is -0.346 e. The molecule has 1 fully saturated rings. The van der Waals surface area contributed by atoms with E-state index in [1.54, 1.807) is 0 Å². The molecule has 0 aliphatic carbocycles. The number of hydrogen-bond acceptors (Lipinski definition) is 2. The number of aromatic nitrogens is 2. The SMILES string of the molecule is c1ccc(CCCc2cnc(C3CCNCC3)[nH]2)cc1. The van der Waals surface area contributed by atoms with Crippen LogP contribution in [0.15, 0.2) is 36.5 Å². The van der Waals surface area contributed by atoms with E-state index in [-0.39, 0.29) is 0 Å².